The minimum Gasteiger partial charge on any atom is -0.339 e. The van der Waals surface area contributed by atoms with Gasteiger partial charge in [-0.1, -0.05) is 24.4 Å². The van der Waals surface area contributed by atoms with E-state index in [1.165, 1.54) is 25.3 Å². The van der Waals surface area contributed by atoms with E-state index in [1.807, 2.05) is 4.90 Å². The molecule has 2 heterocycles. The Bertz CT molecular complexity index is 786. The molecule has 1 aromatic carbocycles. The van der Waals surface area contributed by atoms with Crippen LogP contribution in [0.3, 0.4) is 0 Å². The number of hydrogen-bond acceptors (Lipinski definition) is 4. The van der Waals surface area contributed by atoms with Crippen LogP contribution < -0.4 is 0 Å². The van der Waals surface area contributed by atoms with Crippen molar-refractivity contribution in [3.05, 3.63) is 35.7 Å². The lowest BCUT2D eigenvalue weighted by Crippen LogP contribution is -2.37. The molecule has 0 radical (unpaired) electrons. The summed E-state index contributed by atoms with van der Waals surface area (Å²) in [6.07, 6.45) is 6.07. The summed E-state index contributed by atoms with van der Waals surface area (Å²) in [6.45, 7) is 0.597. The van der Waals surface area contributed by atoms with Crippen LogP contribution in [0.2, 0.25) is 0 Å². The summed E-state index contributed by atoms with van der Waals surface area (Å²) >= 11 is 0. The molecule has 5 nitrogen and oxygen atoms in total. The van der Waals surface area contributed by atoms with Gasteiger partial charge in [0.2, 0.25) is 5.91 Å². The van der Waals surface area contributed by atoms with Crippen LogP contribution in [0.25, 0.3) is 11.5 Å². The molecule has 2 fully saturated rings. The molecule has 1 saturated heterocycles. The lowest BCUT2D eigenvalue weighted by molar-refractivity contribution is -0.130. The van der Waals surface area contributed by atoms with Gasteiger partial charge in [-0.3, -0.25) is 4.79 Å². The number of nitrogens with zero attached hydrogens (tertiary/aromatic N) is 3. The summed E-state index contributed by atoms with van der Waals surface area (Å²) in [6, 6.07) is 3.77. The first-order valence-electron chi connectivity index (χ1n) is 8.70. The molecule has 0 unspecified atom stereocenters. The normalized spacial score (nSPS) is 21.9. The van der Waals surface area contributed by atoms with Crippen molar-refractivity contribution >= 4 is 5.91 Å². The molecule has 0 N–H and O–H groups in total. The number of carbonyl (C=O) groups is 1. The molecule has 0 bridgehead atoms. The van der Waals surface area contributed by atoms with Gasteiger partial charge in [0.05, 0.1) is 0 Å². The van der Waals surface area contributed by atoms with E-state index in [0.717, 1.165) is 25.0 Å². The van der Waals surface area contributed by atoms with Gasteiger partial charge in [-0.25, -0.2) is 8.78 Å². The second kappa shape index (κ2) is 6.54. The Hall–Kier alpha value is -2.31. The highest BCUT2D eigenvalue weighted by molar-refractivity contribution is 5.80. The monoisotopic (exact) mass is 347 g/mol. The first kappa shape index (κ1) is 16.2. The summed E-state index contributed by atoms with van der Waals surface area (Å²) in [5.41, 5.74) is 0.325. The smallest absolute Gasteiger partial charge is 0.258 e. The lowest BCUT2D eigenvalue weighted by Gasteiger charge is -2.31. The maximum absolute atomic E-state index is 13.4. The Morgan fingerprint density at radius 3 is 2.68 bits per heavy atom. The van der Waals surface area contributed by atoms with Crippen LogP contribution in [0.1, 0.15) is 50.3 Å². The average molecular weight is 347 g/mol. The van der Waals surface area contributed by atoms with Gasteiger partial charge in [-0.15, -0.1) is 0 Å². The van der Waals surface area contributed by atoms with Gasteiger partial charge in [-0.05, 0) is 31.0 Å². The van der Waals surface area contributed by atoms with Crippen LogP contribution >= 0.6 is 0 Å². The minimum absolute atomic E-state index is 0.114. The van der Waals surface area contributed by atoms with Crippen molar-refractivity contribution in [3.63, 3.8) is 0 Å². The zero-order valence-corrected chi connectivity index (χ0v) is 13.8. The molecule has 1 aromatic heterocycles. The maximum Gasteiger partial charge on any atom is 0.258 e. The van der Waals surface area contributed by atoms with E-state index in [-0.39, 0.29) is 17.7 Å². The molecule has 1 atom stereocenters. The third kappa shape index (κ3) is 3.15. The summed E-state index contributed by atoms with van der Waals surface area (Å²) in [7, 11) is 0. The molecule has 7 heteroatoms. The molecule has 25 heavy (non-hydrogen) atoms. The van der Waals surface area contributed by atoms with Crippen molar-refractivity contribution in [2.24, 2.45) is 0 Å². The van der Waals surface area contributed by atoms with Crippen LogP contribution in [0.5, 0.6) is 0 Å². The molecule has 132 valence electrons. The number of hydrogen-bond donors (Lipinski definition) is 0. The fourth-order valence-corrected chi connectivity index (χ4v) is 3.80. The van der Waals surface area contributed by atoms with E-state index in [9.17, 15) is 13.6 Å². The Labute approximate surface area is 144 Å². The zero-order valence-electron chi connectivity index (χ0n) is 13.8. The Balaban J connectivity index is 1.50. The molecule has 1 amide bonds. The highest BCUT2D eigenvalue weighted by Crippen LogP contribution is 2.33. The van der Waals surface area contributed by atoms with Gasteiger partial charge in [0.25, 0.3) is 5.89 Å². The van der Waals surface area contributed by atoms with Crippen molar-refractivity contribution in [3.8, 4) is 11.5 Å². The Kier molecular flexibility index (Phi) is 4.23. The van der Waals surface area contributed by atoms with Gasteiger partial charge in [-0.2, -0.15) is 4.98 Å². The molecule has 1 aliphatic carbocycles. The molecular formula is C18H19F2N3O2. The SMILES string of the molecule is O=C1C[C@@H](c2noc(-c3ccc(F)c(F)c3)n2)CN1C1CCCCC1. The summed E-state index contributed by atoms with van der Waals surface area (Å²) < 4.78 is 31.6. The van der Waals surface area contributed by atoms with Crippen molar-refractivity contribution in [1.82, 2.24) is 15.0 Å². The van der Waals surface area contributed by atoms with Crippen molar-refractivity contribution < 1.29 is 18.1 Å². The van der Waals surface area contributed by atoms with Crippen molar-refractivity contribution in [1.29, 1.82) is 0 Å². The van der Waals surface area contributed by atoms with E-state index in [1.54, 1.807) is 0 Å². The van der Waals surface area contributed by atoms with E-state index in [0.29, 0.717) is 30.4 Å². The van der Waals surface area contributed by atoms with E-state index >= 15 is 0 Å². The van der Waals surface area contributed by atoms with Crippen LogP contribution in [-0.2, 0) is 4.79 Å². The highest BCUT2D eigenvalue weighted by Gasteiger charge is 2.37. The third-order valence-corrected chi connectivity index (χ3v) is 5.15. The third-order valence-electron chi connectivity index (χ3n) is 5.15. The van der Waals surface area contributed by atoms with E-state index < -0.39 is 11.6 Å². The van der Waals surface area contributed by atoms with Gasteiger partial charge in [0.15, 0.2) is 17.5 Å². The predicted molar refractivity (Wildman–Crippen MR) is 85.6 cm³/mol. The van der Waals surface area contributed by atoms with Crippen molar-refractivity contribution in [2.75, 3.05) is 6.54 Å². The number of rotatable bonds is 3. The predicted octanol–water partition coefficient (Wildman–Crippen LogP) is 3.66. The first-order valence-corrected chi connectivity index (χ1v) is 8.70. The molecule has 0 spiro atoms. The minimum atomic E-state index is -0.961. The number of aromatic nitrogens is 2. The van der Waals surface area contributed by atoms with E-state index in [2.05, 4.69) is 10.1 Å². The van der Waals surface area contributed by atoms with Gasteiger partial charge >= 0.3 is 0 Å². The van der Waals surface area contributed by atoms with Crippen LogP contribution in [0, 0.1) is 11.6 Å². The highest BCUT2D eigenvalue weighted by atomic mass is 19.2. The Morgan fingerprint density at radius 2 is 1.92 bits per heavy atom. The summed E-state index contributed by atoms with van der Waals surface area (Å²) in [4.78, 5) is 18.6. The molecule has 2 aliphatic rings. The summed E-state index contributed by atoms with van der Waals surface area (Å²) in [5, 5.41) is 3.96. The molecule has 4 rings (SSSR count). The molecule has 1 saturated carbocycles. The average Bonchev–Trinajstić information content (AvgIpc) is 3.25. The number of likely N-dealkylation sites (tertiary alicyclic amines) is 1. The van der Waals surface area contributed by atoms with Gasteiger partial charge in [0.1, 0.15) is 0 Å². The second-order valence-corrected chi connectivity index (χ2v) is 6.83. The zero-order chi connectivity index (χ0) is 17.4. The molecular weight excluding hydrogens is 328 g/mol. The number of benzene rings is 1. The fraction of sp³-hybridized carbons (Fsp3) is 0.500. The van der Waals surface area contributed by atoms with Gasteiger partial charge < -0.3 is 9.42 Å². The van der Waals surface area contributed by atoms with Crippen LogP contribution in [0.15, 0.2) is 22.7 Å². The lowest BCUT2D eigenvalue weighted by atomic mass is 9.94. The maximum atomic E-state index is 13.4. The molecule has 1 aliphatic heterocycles. The number of amides is 1. The van der Waals surface area contributed by atoms with Crippen molar-refractivity contribution in [2.45, 2.75) is 50.5 Å². The van der Waals surface area contributed by atoms with Crippen LogP contribution in [-0.4, -0.2) is 33.5 Å². The topological polar surface area (TPSA) is 59.2 Å². The Morgan fingerprint density at radius 1 is 1.12 bits per heavy atom. The van der Waals surface area contributed by atoms with E-state index in [4.69, 9.17) is 4.52 Å². The molecule has 2 aromatic rings. The number of halogens is 2. The van der Waals surface area contributed by atoms with Gasteiger partial charge in [0, 0.05) is 30.5 Å². The standard InChI is InChI=1S/C18H19F2N3O2/c19-14-7-6-11(8-15(14)20)18-21-17(22-25-18)12-9-16(24)23(10-12)13-4-2-1-3-5-13/h6-8,12-13H,1-5,9-10H2/t12-/m1/s1. The fourth-order valence-electron chi connectivity index (χ4n) is 3.80. The number of carbonyl (C=O) groups excluding carboxylic acids is 1. The van der Waals surface area contributed by atoms with Crippen LogP contribution in [0.4, 0.5) is 8.78 Å². The summed E-state index contributed by atoms with van der Waals surface area (Å²) in [5.74, 6) is -1.28. The first-order chi connectivity index (χ1) is 12.1. The quantitative estimate of drug-likeness (QED) is 0.850. The largest absolute Gasteiger partial charge is 0.339 e. The second-order valence-electron chi connectivity index (χ2n) is 6.83.